The molecule has 3 nitrogen and oxygen atoms in total. The summed E-state index contributed by atoms with van der Waals surface area (Å²) in [5.74, 6) is -0.0803. The van der Waals surface area contributed by atoms with Gasteiger partial charge in [0.15, 0.2) is 0 Å². The molecule has 0 fully saturated rings. The van der Waals surface area contributed by atoms with E-state index in [1.165, 1.54) is 57.8 Å². The fraction of sp³-hybridized carbons (Fsp3) is 0.944. The molecule has 0 aromatic heterocycles. The number of carbonyl (C=O) groups excluding carboxylic acids is 1. The Kier molecular flexibility index (Phi) is 15.4. The Morgan fingerprint density at radius 3 is 1.76 bits per heavy atom. The van der Waals surface area contributed by atoms with E-state index < -0.39 is 0 Å². The number of unbranched alkanes of at least 4 members (excludes halogenated alkanes) is 10. The molecule has 0 aliphatic rings. The third-order valence-electron chi connectivity index (χ3n) is 4.00. The minimum absolute atomic E-state index is 0.0803. The van der Waals surface area contributed by atoms with Crippen molar-refractivity contribution in [3.05, 3.63) is 0 Å². The van der Waals surface area contributed by atoms with Crippen LogP contribution in [-0.2, 0) is 9.53 Å². The quantitative estimate of drug-likeness (QED) is 0.343. The third-order valence-corrected chi connectivity index (χ3v) is 4.00. The van der Waals surface area contributed by atoms with E-state index in [0.29, 0.717) is 13.0 Å². The van der Waals surface area contributed by atoms with Crippen molar-refractivity contribution in [3.8, 4) is 0 Å². The first kappa shape index (κ1) is 20.4. The lowest BCUT2D eigenvalue weighted by Gasteiger charge is -2.13. The second kappa shape index (κ2) is 15.8. The van der Waals surface area contributed by atoms with Gasteiger partial charge >= 0.3 is 5.97 Å². The number of hydrogen-bond acceptors (Lipinski definition) is 3. The minimum Gasteiger partial charge on any atom is -0.461 e. The lowest BCUT2D eigenvalue weighted by atomic mass is 10.1. The molecule has 0 spiro atoms. The van der Waals surface area contributed by atoms with Crippen molar-refractivity contribution in [3.63, 3.8) is 0 Å². The first-order valence-corrected chi connectivity index (χ1v) is 9.14. The molecule has 0 amide bonds. The van der Waals surface area contributed by atoms with Gasteiger partial charge in [-0.05, 0) is 12.8 Å². The Labute approximate surface area is 132 Å². The molecule has 0 saturated heterocycles. The van der Waals surface area contributed by atoms with Gasteiger partial charge in [0, 0.05) is 13.0 Å². The van der Waals surface area contributed by atoms with Crippen molar-refractivity contribution in [1.29, 1.82) is 0 Å². The number of esters is 1. The predicted molar refractivity (Wildman–Crippen MR) is 90.3 cm³/mol. The Hall–Kier alpha value is -0.570. The summed E-state index contributed by atoms with van der Waals surface area (Å²) in [5, 5.41) is 0. The summed E-state index contributed by atoms with van der Waals surface area (Å²) < 4.78 is 5.28. The number of nitrogens with two attached hydrogens (primary N) is 1. The summed E-state index contributed by atoms with van der Waals surface area (Å²) in [5.41, 5.74) is 5.52. The van der Waals surface area contributed by atoms with Gasteiger partial charge in [-0.2, -0.15) is 0 Å². The zero-order chi connectivity index (χ0) is 15.8. The van der Waals surface area contributed by atoms with Gasteiger partial charge in [0.2, 0.25) is 0 Å². The second-order valence-electron chi connectivity index (χ2n) is 6.04. The standard InChI is InChI=1S/C18H37NO2/c1-3-5-6-7-8-9-10-11-12-13-14-15-18(20)21-17(4-2)16-19/h17H,3-16,19H2,1-2H3. The Balaban J connectivity index is 3.23. The highest BCUT2D eigenvalue weighted by atomic mass is 16.5. The second-order valence-corrected chi connectivity index (χ2v) is 6.04. The molecular formula is C18H37NO2. The van der Waals surface area contributed by atoms with E-state index in [1.54, 1.807) is 0 Å². The van der Waals surface area contributed by atoms with Gasteiger partial charge in [0.1, 0.15) is 6.10 Å². The minimum atomic E-state index is -0.0924. The monoisotopic (exact) mass is 299 g/mol. The van der Waals surface area contributed by atoms with Gasteiger partial charge in [-0.1, -0.05) is 78.1 Å². The fourth-order valence-corrected chi connectivity index (χ4v) is 2.48. The molecule has 0 aliphatic carbocycles. The van der Waals surface area contributed by atoms with Crippen LogP contribution in [0, 0.1) is 0 Å². The van der Waals surface area contributed by atoms with Crippen molar-refractivity contribution in [2.24, 2.45) is 5.73 Å². The van der Waals surface area contributed by atoms with Crippen LogP contribution in [0.15, 0.2) is 0 Å². The van der Waals surface area contributed by atoms with E-state index >= 15 is 0 Å². The highest BCUT2D eigenvalue weighted by Gasteiger charge is 2.09. The maximum absolute atomic E-state index is 11.6. The molecule has 0 saturated carbocycles. The van der Waals surface area contributed by atoms with Crippen LogP contribution in [0.4, 0.5) is 0 Å². The Morgan fingerprint density at radius 2 is 1.33 bits per heavy atom. The van der Waals surface area contributed by atoms with Gasteiger partial charge in [-0.25, -0.2) is 0 Å². The van der Waals surface area contributed by atoms with Crippen molar-refractivity contribution in [2.75, 3.05) is 6.54 Å². The number of carbonyl (C=O) groups is 1. The van der Waals surface area contributed by atoms with Gasteiger partial charge in [0.05, 0.1) is 0 Å². The molecule has 21 heavy (non-hydrogen) atoms. The lowest BCUT2D eigenvalue weighted by Crippen LogP contribution is -2.25. The van der Waals surface area contributed by atoms with E-state index in [9.17, 15) is 4.79 Å². The third kappa shape index (κ3) is 14.1. The highest BCUT2D eigenvalue weighted by Crippen LogP contribution is 2.12. The smallest absolute Gasteiger partial charge is 0.306 e. The molecule has 0 aliphatic heterocycles. The van der Waals surface area contributed by atoms with Gasteiger partial charge in [-0.3, -0.25) is 4.79 Å². The lowest BCUT2D eigenvalue weighted by molar-refractivity contribution is -0.148. The molecule has 3 heteroatoms. The maximum Gasteiger partial charge on any atom is 0.306 e. The largest absolute Gasteiger partial charge is 0.461 e. The molecule has 0 radical (unpaired) electrons. The average molecular weight is 299 g/mol. The van der Waals surface area contributed by atoms with Crippen LogP contribution in [0.2, 0.25) is 0 Å². The van der Waals surface area contributed by atoms with Crippen LogP contribution in [0.5, 0.6) is 0 Å². The van der Waals surface area contributed by atoms with E-state index in [0.717, 1.165) is 19.3 Å². The first-order valence-electron chi connectivity index (χ1n) is 9.14. The van der Waals surface area contributed by atoms with Crippen LogP contribution in [0.3, 0.4) is 0 Å². The Bertz CT molecular complexity index is 227. The van der Waals surface area contributed by atoms with E-state index in [-0.39, 0.29) is 12.1 Å². The molecule has 1 atom stereocenters. The summed E-state index contributed by atoms with van der Waals surface area (Å²) >= 11 is 0. The van der Waals surface area contributed by atoms with Crippen LogP contribution in [0.25, 0.3) is 0 Å². The number of rotatable bonds is 15. The van der Waals surface area contributed by atoms with Crippen LogP contribution < -0.4 is 5.73 Å². The van der Waals surface area contributed by atoms with E-state index in [2.05, 4.69) is 6.92 Å². The highest BCUT2D eigenvalue weighted by molar-refractivity contribution is 5.69. The van der Waals surface area contributed by atoms with Gasteiger partial charge in [0.25, 0.3) is 0 Å². The average Bonchev–Trinajstić information content (AvgIpc) is 2.50. The number of ether oxygens (including phenoxy) is 1. The van der Waals surface area contributed by atoms with Crippen molar-refractivity contribution < 1.29 is 9.53 Å². The van der Waals surface area contributed by atoms with Crippen LogP contribution >= 0.6 is 0 Å². The Morgan fingerprint density at radius 1 is 0.857 bits per heavy atom. The molecule has 1 unspecified atom stereocenters. The maximum atomic E-state index is 11.6. The van der Waals surface area contributed by atoms with Gasteiger partial charge in [-0.15, -0.1) is 0 Å². The molecule has 0 heterocycles. The van der Waals surface area contributed by atoms with Crippen LogP contribution in [0.1, 0.15) is 97.3 Å². The van der Waals surface area contributed by atoms with E-state index in [4.69, 9.17) is 10.5 Å². The topological polar surface area (TPSA) is 52.3 Å². The summed E-state index contributed by atoms with van der Waals surface area (Å²) in [6, 6.07) is 0. The molecule has 0 aromatic carbocycles. The summed E-state index contributed by atoms with van der Waals surface area (Å²) in [6.07, 6.45) is 15.6. The fourth-order valence-electron chi connectivity index (χ4n) is 2.48. The van der Waals surface area contributed by atoms with E-state index in [1.807, 2.05) is 6.92 Å². The van der Waals surface area contributed by atoms with Crippen molar-refractivity contribution in [2.45, 2.75) is 103 Å². The predicted octanol–water partition coefficient (Wildman–Crippen LogP) is 4.97. The van der Waals surface area contributed by atoms with Crippen molar-refractivity contribution in [1.82, 2.24) is 0 Å². The normalized spacial score (nSPS) is 12.3. The van der Waals surface area contributed by atoms with Crippen molar-refractivity contribution >= 4 is 5.97 Å². The molecule has 126 valence electrons. The molecule has 0 bridgehead atoms. The molecular weight excluding hydrogens is 262 g/mol. The zero-order valence-corrected chi connectivity index (χ0v) is 14.4. The number of hydrogen-bond donors (Lipinski definition) is 1. The summed E-state index contributed by atoms with van der Waals surface area (Å²) in [4.78, 5) is 11.6. The molecule has 2 N–H and O–H groups in total. The summed E-state index contributed by atoms with van der Waals surface area (Å²) in [7, 11) is 0. The SMILES string of the molecule is CCCCCCCCCCCCCC(=O)OC(CC)CN. The van der Waals surface area contributed by atoms with Crippen LogP contribution in [-0.4, -0.2) is 18.6 Å². The zero-order valence-electron chi connectivity index (χ0n) is 14.4. The summed E-state index contributed by atoms with van der Waals surface area (Å²) in [6.45, 7) is 4.68. The molecule has 0 aromatic rings. The van der Waals surface area contributed by atoms with Gasteiger partial charge < -0.3 is 10.5 Å². The molecule has 0 rings (SSSR count). The first-order chi connectivity index (χ1) is 10.2.